The van der Waals surface area contributed by atoms with Crippen LogP contribution in [0.5, 0.6) is 0 Å². The van der Waals surface area contributed by atoms with Crippen LogP contribution in [0, 0.1) is 0 Å². The number of fused-ring (bicyclic) bond motifs is 8. The second-order valence-corrected chi connectivity index (χ2v) is 21.1. The Hall–Kier alpha value is -9.90. The molecule has 0 saturated heterocycles. The Bertz CT molecular complexity index is 4850. The van der Waals surface area contributed by atoms with Gasteiger partial charge in [-0.1, -0.05) is 208 Å². The molecule has 15 aromatic rings. The van der Waals surface area contributed by atoms with Crippen molar-refractivity contribution in [2.45, 2.75) is 19.3 Å². The molecule has 0 saturated carbocycles. The number of hydrogen-bond acceptors (Lipinski definition) is 4. The van der Waals surface area contributed by atoms with Crippen LogP contribution >= 0.6 is 0 Å². The molecule has 0 bridgehead atoms. The van der Waals surface area contributed by atoms with E-state index in [9.17, 15) is 0 Å². The van der Waals surface area contributed by atoms with E-state index in [1.165, 1.54) is 54.6 Å². The SMILES string of the molecule is CC1(C)c2cc(N(c3ccccc3-c3ccccc3)c3cccc4c3oc3ccccc34)ccc2-c2ccc3ccc4c(N(c5ccccc5-c5ccccc5)c5cccc6c5oc5ccccc56)ccc5cc1c2c3c54. The molecule has 0 unspecified atom stereocenters. The fraction of sp³-hybridized carbons (Fsp3) is 0.0411. The molecule has 0 atom stereocenters. The Morgan fingerprint density at radius 1 is 0.299 bits per heavy atom. The van der Waals surface area contributed by atoms with Crippen LogP contribution in [0.1, 0.15) is 25.0 Å². The first kappa shape index (κ1) is 43.5. The molecule has 77 heavy (non-hydrogen) atoms. The summed E-state index contributed by atoms with van der Waals surface area (Å²) in [6.07, 6.45) is 0. The fourth-order valence-electron chi connectivity index (χ4n) is 13.1. The largest absolute Gasteiger partial charge is 0.454 e. The predicted octanol–water partition coefficient (Wildman–Crippen LogP) is 21.0. The Labute approximate surface area is 445 Å². The van der Waals surface area contributed by atoms with Gasteiger partial charge in [-0.25, -0.2) is 0 Å². The number of para-hydroxylation sites is 6. The molecule has 1 aliphatic rings. The maximum absolute atomic E-state index is 6.87. The molecule has 0 amide bonds. The molecule has 0 N–H and O–H groups in total. The highest BCUT2D eigenvalue weighted by atomic mass is 16.3. The summed E-state index contributed by atoms with van der Waals surface area (Å²) in [7, 11) is 0. The summed E-state index contributed by atoms with van der Waals surface area (Å²) < 4.78 is 13.7. The third kappa shape index (κ3) is 6.39. The molecule has 0 spiro atoms. The highest BCUT2D eigenvalue weighted by Gasteiger charge is 2.37. The van der Waals surface area contributed by atoms with Gasteiger partial charge in [0, 0.05) is 49.2 Å². The second kappa shape index (κ2) is 16.6. The van der Waals surface area contributed by atoms with Crippen molar-refractivity contribution in [3.8, 4) is 33.4 Å². The lowest BCUT2D eigenvalue weighted by Gasteiger charge is -2.38. The molecule has 1 aliphatic carbocycles. The van der Waals surface area contributed by atoms with Crippen molar-refractivity contribution >= 4 is 110 Å². The van der Waals surface area contributed by atoms with Crippen molar-refractivity contribution in [2.75, 3.05) is 9.80 Å². The maximum Gasteiger partial charge on any atom is 0.159 e. The molecule has 0 aliphatic heterocycles. The average molecular weight is 985 g/mol. The van der Waals surface area contributed by atoms with Gasteiger partial charge in [0.05, 0.1) is 28.4 Å². The number of furan rings is 2. The van der Waals surface area contributed by atoms with Gasteiger partial charge in [0.1, 0.15) is 11.2 Å². The van der Waals surface area contributed by atoms with Crippen LogP contribution in [0.3, 0.4) is 0 Å². The van der Waals surface area contributed by atoms with Crippen LogP contribution in [0.2, 0.25) is 0 Å². The summed E-state index contributed by atoms with van der Waals surface area (Å²) in [5.74, 6) is 0. The van der Waals surface area contributed by atoms with Crippen LogP contribution in [-0.2, 0) is 5.41 Å². The summed E-state index contributed by atoms with van der Waals surface area (Å²) in [5, 5.41) is 11.9. The van der Waals surface area contributed by atoms with E-state index in [0.717, 1.165) is 100 Å². The Kier molecular flexibility index (Phi) is 9.35. The molecular weight excluding hydrogens is 937 g/mol. The zero-order chi connectivity index (χ0) is 50.9. The van der Waals surface area contributed by atoms with E-state index in [1.807, 2.05) is 6.07 Å². The van der Waals surface area contributed by atoms with E-state index < -0.39 is 5.41 Å². The molecule has 16 rings (SSSR count). The summed E-state index contributed by atoms with van der Waals surface area (Å²) in [4.78, 5) is 4.86. The van der Waals surface area contributed by atoms with Gasteiger partial charge in [-0.3, -0.25) is 0 Å². The number of anilines is 6. The van der Waals surface area contributed by atoms with E-state index >= 15 is 0 Å². The van der Waals surface area contributed by atoms with Gasteiger partial charge in [0.15, 0.2) is 11.2 Å². The zero-order valence-electron chi connectivity index (χ0n) is 42.5. The molecular formula is C73H48N2O2. The van der Waals surface area contributed by atoms with Crippen LogP contribution < -0.4 is 9.80 Å². The van der Waals surface area contributed by atoms with Crippen molar-refractivity contribution < 1.29 is 8.83 Å². The van der Waals surface area contributed by atoms with Gasteiger partial charge in [-0.2, -0.15) is 0 Å². The maximum atomic E-state index is 6.87. The minimum Gasteiger partial charge on any atom is -0.454 e. The van der Waals surface area contributed by atoms with Crippen molar-refractivity contribution in [1.82, 2.24) is 0 Å². The highest BCUT2D eigenvalue weighted by molar-refractivity contribution is 6.30. The monoisotopic (exact) mass is 984 g/mol. The van der Waals surface area contributed by atoms with Crippen LogP contribution in [-0.4, -0.2) is 0 Å². The summed E-state index contributed by atoms with van der Waals surface area (Å²) >= 11 is 0. The van der Waals surface area contributed by atoms with Crippen LogP contribution in [0.4, 0.5) is 34.1 Å². The van der Waals surface area contributed by atoms with Gasteiger partial charge in [-0.05, 0) is 121 Å². The Morgan fingerprint density at radius 3 is 1.45 bits per heavy atom. The Balaban J connectivity index is 0.925. The third-order valence-electron chi connectivity index (χ3n) is 16.6. The molecule has 2 aromatic heterocycles. The normalized spacial score (nSPS) is 12.9. The third-order valence-corrected chi connectivity index (χ3v) is 16.6. The summed E-state index contributed by atoms with van der Waals surface area (Å²) in [6.45, 7) is 4.84. The topological polar surface area (TPSA) is 32.8 Å². The first-order chi connectivity index (χ1) is 38.0. The van der Waals surface area contributed by atoms with Crippen LogP contribution in [0.15, 0.2) is 264 Å². The molecule has 0 fully saturated rings. The lowest BCUT2D eigenvalue weighted by Crippen LogP contribution is -2.24. The number of nitrogens with zero attached hydrogens (tertiary/aromatic N) is 2. The highest BCUT2D eigenvalue weighted by Crippen LogP contribution is 2.56. The summed E-state index contributed by atoms with van der Waals surface area (Å²) in [6, 6.07) is 92.6. The summed E-state index contributed by atoms with van der Waals surface area (Å²) in [5.41, 5.74) is 19.0. The van der Waals surface area contributed by atoms with Crippen molar-refractivity contribution in [1.29, 1.82) is 0 Å². The van der Waals surface area contributed by atoms with E-state index in [4.69, 9.17) is 8.83 Å². The molecule has 0 radical (unpaired) electrons. The van der Waals surface area contributed by atoms with E-state index in [-0.39, 0.29) is 0 Å². The van der Waals surface area contributed by atoms with Crippen LogP contribution in [0.25, 0.3) is 110 Å². The van der Waals surface area contributed by atoms with Gasteiger partial charge in [0.25, 0.3) is 0 Å². The quantitative estimate of drug-likeness (QED) is 0.142. The molecule has 2 heterocycles. The van der Waals surface area contributed by atoms with E-state index in [1.54, 1.807) is 0 Å². The minimum atomic E-state index is -0.390. The number of benzene rings is 13. The first-order valence-electron chi connectivity index (χ1n) is 26.6. The van der Waals surface area contributed by atoms with Crippen molar-refractivity contribution in [2.24, 2.45) is 0 Å². The van der Waals surface area contributed by atoms with Crippen molar-refractivity contribution in [3.05, 3.63) is 266 Å². The van der Waals surface area contributed by atoms with E-state index in [2.05, 4.69) is 272 Å². The fourth-order valence-corrected chi connectivity index (χ4v) is 13.1. The van der Waals surface area contributed by atoms with Crippen molar-refractivity contribution in [3.63, 3.8) is 0 Å². The zero-order valence-corrected chi connectivity index (χ0v) is 42.5. The van der Waals surface area contributed by atoms with Gasteiger partial charge in [0.2, 0.25) is 0 Å². The number of hydrogen-bond donors (Lipinski definition) is 0. The van der Waals surface area contributed by atoms with Gasteiger partial charge >= 0.3 is 0 Å². The average Bonchev–Trinajstić information content (AvgIpc) is 4.21. The molecule has 362 valence electrons. The lowest BCUT2D eigenvalue weighted by molar-refractivity contribution is 0.646. The Morgan fingerprint density at radius 2 is 0.805 bits per heavy atom. The predicted molar refractivity (Wildman–Crippen MR) is 323 cm³/mol. The standard InChI is InChI=1S/C73H48N2O2/c1-73(2)59-44-49(74(61-29-13-9-23-50(61)45-19-5-3-6-20-45)64-31-17-27-56-53-25-11-15-33-66(53)76-71(56)64)38-41-52(59)55-39-35-47-36-40-58-63(42-37-48-43-60(73)70(55)69(47)68(48)58)75(62-30-14-10-24-51(62)46-21-7-4-8-22-46)65-32-18-28-57-54-26-12-16-34-67(54)77-72(57)65/h3-44H,1-2H3. The van der Waals surface area contributed by atoms with Gasteiger partial charge < -0.3 is 18.6 Å². The molecule has 13 aromatic carbocycles. The lowest BCUT2D eigenvalue weighted by atomic mass is 9.67. The molecule has 4 nitrogen and oxygen atoms in total. The molecule has 4 heteroatoms. The van der Waals surface area contributed by atoms with E-state index in [0.29, 0.717) is 0 Å². The number of rotatable bonds is 8. The van der Waals surface area contributed by atoms with Gasteiger partial charge in [-0.15, -0.1) is 0 Å². The minimum absolute atomic E-state index is 0.390. The second-order valence-electron chi connectivity index (χ2n) is 21.1. The smallest absolute Gasteiger partial charge is 0.159 e. The first-order valence-corrected chi connectivity index (χ1v) is 26.6.